The molecule has 0 radical (unpaired) electrons. The van der Waals surface area contributed by atoms with E-state index in [0.717, 1.165) is 9.87 Å². The summed E-state index contributed by atoms with van der Waals surface area (Å²) in [7, 11) is -1.16. The molecule has 1 N–H and O–H groups in total. The molecule has 0 aliphatic carbocycles. The van der Waals surface area contributed by atoms with Gasteiger partial charge in [-0.15, -0.1) is 0 Å². The number of aryl methyl sites for hydroxylation is 1. The van der Waals surface area contributed by atoms with Gasteiger partial charge in [-0.25, -0.2) is 12.8 Å². The monoisotopic (exact) mass is 566 g/mol. The van der Waals surface area contributed by atoms with Crippen molar-refractivity contribution in [3.63, 3.8) is 0 Å². The van der Waals surface area contributed by atoms with Crippen LogP contribution in [0.4, 0.5) is 10.1 Å². The van der Waals surface area contributed by atoms with Gasteiger partial charge in [0.25, 0.3) is 10.0 Å². The van der Waals surface area contributed by atoms with Crippen LogP contribution in [0.25, 0.3) is 0 Å². The Morgan fingerprint density at radius 1 is 1.05 bits per heavy atom. The van der Waals surface area contributed by atoms with Gasteiger partial charge in [0, 0.05) is 34.7 Å². The number of nitrogens with zero attached hydrogens (tertiary/aromatic N) is 1. The minimum absolute atomic E-state index is 0.0537. The minimum atomic E-state index is -4.08. The second-order valence-electron chi connectivity index (χ2n) is 7.97. The average Bonchev–Trinajstić information content (AvgIpc) is 2.88. The summed E-state index contributed by atoms with van der Waals surface area (Å²) in [5, 5.41) is 3.08. The van der Waals surface area contributed by atoms with Gasteiger partial charge >= 0.3 is 0 Å². The number of amides is 1. The van der Waals surface area contributed by atoms with Crippen LogP contribution >= 0.6 is 23.4 Å². The summed E-state index contributed by atoms with van der Waals surface area (Å²) in [5.74, 6) is 0.715. The van der Waals surface area contributed by atoms with Crippen LogP contribution in [0.2, 0.25) is 5.02 Å². The van der Waals surface area contributed by atoms with Gasteiger partial charge < -0.3 is 14.8 Å². The fraction of sp³-hybridized carbons (Fsp3) is 0.269. The summed E-state index contributed by atoms with van der Waals surface area (Å²) in [6, 6.07) is 15.5. The van der Waals surface area contributed by atoms with Crippen LogP contribution in [0.3, 0.4) is 0 Å². The molecule has 37 heavy (non-hydrogen) atoms. The summed E-state index contributed by atoms with van der Waals surface area (Å²) < 4.78 is 52.6. The van der Waals surface area contributed by atoms with Crippen LogP contribution in [0.15, 0.2) is 65.6 Å². The van der Waals surface area contributed by atoms with Crippen molar-refractivity contribution >= 4 is 45.0 Å². The number of halogens is 2. The lowest BCUT2D eigenvalue weighted by Crippen LogP contribution is -2.41. The molecule has 1 amide bonds. The number of nitrogens with one attached hydrogen (secondary N) is 1. The Labute approximate surface area is 226 Å². The highest BCUT2D eigenvalue weighted by Gasteiger charge is 2.28. The van der Waals surface area contributed by atoms with Gasteiger partial charge in [0.1, 0.15) is 12.4 Å². The Hall–Kier alpha value is -2.95. The van der Waals surface area contributed by atoms with E-state index in [1.54, 1.807) is 36.4 Å². The second kappa shape index (κ2) is 13.0. The van der Waals surface area contributed by atoms with E-state index < -0.39 is 22.5 Å². The average molecular weight is 567 g/mol. The number of ether oxygens (including phenoxy) is 2. The Bertz CT molecular complexity index is 1320. The maximum Gasteiger partial charge on any atom is 0.264 e. The first-order valence-electron chi connectivity index (χ1n) is 11.3. The van der Waals surface area contributed by atoms with Crippen molar-refractivity contribution in [2.24, 2.45) is 0 Å². The zero-order valence-corrected chi connectivity index (χ0v) is 23.1. The van der Waals surface area contributed by atoms with Gasteiger partial charge in [-0.05, 0) is 43.3 Å². The number of hydrogen-bond donors (Lipinski definition) is 1. The Morgan fingerprint density at radius 3 is 2.41 bits per heavy atom. The van der Waals surface area contributed by atoms with Crippen molar-refractivity contribution in [3.05, 3.63) is 82.6 Å². The molecule has 0 aliphatic heterocycles. The van der Waals surface area contributed by atoms with Crippen LogP contribution in [-0.4, -0.2) is 47.4 Å². The number of sulfonamides is 1. The Morgan fingerprint density at radius 2 is 1.76 bits per heavy atom. The molecular formula is C26H28ClFN2O5S2. The second-order valence-corrected chi connectivity index (χ2v) is 11.3. The largest absolute Gasteiger partial charge is 0.493 e. The van der Waals surface area contributed by atoms with Crippen LogP contribution in [0.5, 0.6) is 11.5 Å². The highest BCUT2D eigenvalue weighted by molar-refractivity contribution is 7.98. The molecule has 0 spiro atoms. The molecule has 0 unspecified atom stereocenters. The minimum Gasteiger partial charge on any atom is -0.493 e. The number of anilines is 1. The summed E-state index contributed by atoms with van der Waals surface area (Å²) in [5.41, 5.74) is 1.56. The molecule has 0 atom stereocenters. The number of benzene rings is 3. The summed E-state index contributed by atoms with van der Waals surface area (Å²) >= 11 is 7.45. The standard InChI is InChI=1S/C26H28ClFN2O5S2/c1-18-7-10-20(11-8-18)37(32,33)30(19-9-12-24(34-2)25(15-19)35-3)16-26(31)29-13-14-36-17-21-22(27)5-4-6-23(21)28/h4-12,15H,13-14,16-17H2,1-3H3,(H,29,31). The molecule has 0 saturated heterocycles. The van der Waals surface area contributed by atoms with E-state index in [1.165, 1.54) is 50.2 Å². The highest BCUT2D eigenvalue weighted by Crippen LogP contribution is 2.33. The van der Waals surface area contributed by atoms with Crippen molar-refractivity contribution in [2.45, 2.75) is 17.6 Å². The van der Waals surface area contributed by atoms with Gasteiger partial charge in [0.05, 0.1) is 24.8 Å². The third kappa shape index (κ3) is 7.30. The van der Waals surface area contributed by atoms with Gasteiger partial charge in [-0.2, -0.15) is 11.8 Å². The zero-order valence-electron chi connectivity index (χ0n) is 20.7. The third-order valence-corrected chi connectivity index (χ3v) is 8.56. The number of thioether (sulfide) groups is 1. The smallest absolute Gasteiger partial charge is 0.264 e. The van der Waals surface area contributed by atoms with Crippen molar-refractivity contribution in [1.82, 2.24) is 5.32 Å². The quantitative estimate of drug-likeness (QED) is 0.309. The van der Waals surface area contributed by atoms with Crippen molar-refractivity contribution < 1.29 is 27.1 Å². The summed E-state index contributed by atoms with van der Waals surface area (Å²) in [6.07, 6.45) is 0. The number of carbonyl (C=O) groups excluding carboxylic acids is 1. The molecule has 3 aromatic rings. The molecule has 3 aromatic carbocycles. The van der Waals surface area contributed by atoms with Crippen molar-refractivity contribution in [2.75, 3.05) is 37.4 Å². The SMILES string of the molecule is COc1ccc(N(CC(=O)NCCSCc2c(F)cccc2Cl)S(=O)(=O)c2ccc(C)cc2)cc1OC. The van der Waals surface area contributed by atoms with E-state index in [-0.39, 0.29) is 22.9 Å². The number of methoxy groups -OCH3 is 2. The van der Waals surface area contributed by atoms with Crippen molar-refractivity contribution in [1.29, 1.82) is 0 Å². The maximum atomic E-state index is 13.9. The van der Waals surface area contributed by atoms with Crippen LogP contribution < -0.4 is 19.1 Å². The summed E-state index contributed by atoms with van der Waals surface area (Å²) in [4.78, 5) is 12.9. The van der Waals surface area contributed by atoms with Crippen molar-refractivity contribution in [3.8, 4) is 11.5 Å². The lowest BCUT2D eigenvalue weighted by Gasteiger charge is -2.25. The number of rotatable bonds is 12. The maximum absolute atomic E-state index is 13.9. The highest BCUT2D eigenvalue weighted by atomic mass is 35.5. The molecule has 7 nitrogen and oxygen atoms in total. The molecule has 198 valence electrons. The van der Waals surface area contributed by atoms with Gasteiger partial charge in [0.15, 0.2) is 11.5 Å². The molecule has 0 heterocycles. The Kier molecular flexibility index (Phi) is 10.1. The Balaban J connectivity index is 1.73. The van der Waals surface area contributed by atoms with E-state index in [4.69, 9.17) is 21.1 Å². The molecule has 0 aliphatic rings. The number of carbonyl (C=O) groups is 1. The van der Waals surface area contributed by atoms with E-state index in [1.807, 2.05) is 6.92 Å². The fourth-order valence-corrected chi connectivity index (χ4v) is 6.04. The topological polar surface area (TPSA) is 84.9 Å². The normalized spacial score (nSPS) is 11.2. The predicted octanol–water partition coefficient (Wildman–Crippen LogP) is 5.05. The molecule has 0 aromatic heterocycles. The lowest BCUT2D eigenvalue weighted by atomic mass is 10.2. The molecule has 0 bridgehead atoms. The predicted molar refractivity (Wildman–Crippen MR) is 146 cm³/mol. The number of hydrogen-bond acceptors (Lipinski definition) is 6. The van der Waals surface area contributed by atoms with E-state index >= 15 is 0 Å². The van der Waals surface area contributed by atoms with Gasteiger partial charge in [0.2, 0.25) is 5.91 Å². The van der Waals surface area contributed by atoms with Gasteiger partial charge in [-0.1, -0.05) is 35.4 Å². The zero-order chi connectivity index (χ0) is 27.0. The van der Waals surface area contributed by atoms with Crippen LogP contribution in [0.1, 0.15) is 11.1 Å². The lowest BCUT2D eigenvalue weighted by molar-refractivity contribution is -0.119. The molecule has 0 fully saturated rings. The van der Waals surface area contributed by atoms with E-state index in [9.17, 15) is 17.6 Å². The fourth-order valence-electron chi connectivity index (χ4n) is 3.43. The van der Waals surface area contributed by atoms with Crippen LogP contribution in [-0.2, 0) is 20.6 Å². The third-order valence-electron chi connectivity index (χ3n) is 5.43. The molecular weight excluding hydrogens is 539 g/mol. The van der Waals surface area contributed by atoms with E-state index in [0.29, 0.717) is 33.6 Å². The first kappa shape index (κ1) is 28.6. The molecule has 0 saturated carbocycles. The van der Waals surface area contributed by atoms with Crippen LogP contribution in [0, 0.1) is 12.7 Å². The first-order valence-corrected chi connectivity index (χ1v) is 14.2. The van der Waals surface area contributed by atoms with Gasteiger partial charge in [-0.3, -0.25) is 9.10 Å². The van der Waals surface area contributed by atoms with E-state index in [2.05, 4.69) is 5.32 Å². The molecule has 11 heteroatoms. The first-order chi connectivity index (χ1) is 17.7. The summed E-state index contributed by atoms with van der Waals surface area (Å²) in [6.45, 7) is 1.67. The molecule has 3 rings (SSSR count).